The van der Waals surface area contributed by atoms with Crippen molar-refractivity contribution in [3.8, 4) is 5.75 Å². The number of halogens is 5. The van der Waals surface area contributed by atoms with Gasteiger partial charge in [0, 0.05) is 24.1 Å². The molecular formula is C17H9ClF4N4O. The highest BCUT2D eigenvalue weighted by Gasteiger charge is 2.31. The Morgan fingerprint density at radius 3 is 2.56 bits per heavy atom. The van der Waals surface area contributed by atoms with Crippen LogP contribution < -0.4 is 10.1 Å². The Labute approximate surface area is 154 Å². The van der Waals surface area contributed by atoms with Crippen LogP contribution in [0, 0.1) is 5.82 Å². The smallest absolute Gasteiger partial charge is 0.406 e. The highest BCUT2D eigenvalue weighted by atomic mass is 35.5. The largest absolute Gasteiger partial charge is 0.573 e. The van der Waals surface area contributed by atoms with Crippen LogP contribution in [0.1, 0.15) is 0 Å². The van der Waals surface area contributed by atoms with E-state index < -0.39 is 12.2 Å². The van der Waals surface area contributed by atoms with Crippen LogP contribution >= 0.6 is 11.6 Å². The van der Waals surface area contributed by atoms with Crippen molar-refractivity contribution < 1.29 is 22.3 Å². The molecular weight excluding hydrogens is 388 g/mol. The predicted octanol–water partition coefficient (Wildman–Crippen LogP) is 5.32. The summed E-state index contributed by atoms with van der Waals surface area (Å²) in [4.78, 5) is 8.55. The van der Waals surface area contributed by atoms with E-state index in [1.54, 1.807) is 10.6 Å². The van der Waals surface area contributed by atoms with E-state index in [1.807, 2.05) is 0 Å². The quantitative estimate of drug-likeness (QED) is 0.476. The molecule has 0 amide bonds. The Morgan fingerprint density at radius 2 is 1.85 bits per heavy atom. The van der Waals surface area contributed by atoms with Crippen LogP contribution in [0.25, 0.3) is 16.7 Å². The average Bonchev–Trinajstić information content (AvgIpc) is 3.04. The fourth-order valence-corrected chi connectivity index (χ4v) is 2.96. The number of hydrogen-bond acceptors (Lipinski definition) is 4. The van der Waals surface area contributed by atoms with Crippen molar-refractivity contribution in [1.82, 2.24) is 14.4 Å². The Hall–Kier alpha value is -3.07. The molecule has 4 rings (SSSR count). The first-order chi connectivity index (χ1) is 12.8. The standard InChI is InChI=1S/C17H9ClF4N4O/c18-12-7-9(19)8-13-14(12)26-6-5-23-16(26)15(25-13)24-10-1-3-11(4-2-10)27-17(20,21)22/h1-8H,(H,24,25). The van der Waals surface area contributed by atoms with Crippen molar-refractivity contribution in [2.45, 2.75) is 6.36 Å². The molecule has 0 atom stereocenters. The molecule has 0 aliphatic heterocycles. The van der Waals surface area contributed by atoms with Crippen LogP contribution in [-0.4, -0.2) is 20.7 Å². The lowest BCUT2D eigenvalue weighted by atomic mass is 10.2. The lowest BCUT2D eigenvalue weighted by Crippen LogP contribution is -2.17. The molecule has 0 fully saturated rings. The molecule has 138 valence electrons. The first-order valence-electron chi connectivity index (χ1n) is 7.55. The van der Waals surface area contributed by atoms with Crippen molar-refractivity contribution in [2.75, 3.05) is 5.32 Å². The number of ether oxygens (including phenoxy) is 1. The van der Waals surface area contributed by atoms with Crippen molar-refractivity contribution in [3.05, 3.63) is 59.6 Å². The highest BCUT2D eigenvalue weighted by Crippen LogP contribution is 2.30. The minimum absolute atomic E-state index is 0.181. The van der Waals surface area contributed by atoms with Gasteiger partial charge in [0.2, 0.25) is 0 Å². The maximum absolute atomic E-state index is 13.7. The molecule has 0 unspecified atom stereocenters. The van der Waals surface area contributed by atoms with Gasteiger partial charge in [-0.25, -0.2) is 14.4 Å². The van der Waals surface area contributed by atoms with Crippen LogP contribution in [0.2, 0.25) is 5.02 Å². The van der Waals surface area contributed by atoms with Crippen molar-refractivity contribution in [3.63, 3.8) is 0 Å². The Balaban J connectivity index is 1.74. The van der Waals surface area contributed by atoms with Crippen molar-refractivity contribution in [2.24, 2.45) is 0 Å². The van der Waals surface area contributed by atoms with Crippen LogP contribution in [0.5, 0.6) is 5.75 Å². The average molecular weight is 397 g/mol. The van der Waals surface area contributed by atoms with Gasteiger partial charge in [-0.15, -0.1) is 13.2 Å². The second-order valence-electron chi connectivity index (χ2n) is 5.53. The molecule has 0 spiro atoms. The topological polar surface area (TPSA) is 51.5 Å². The van der Waals surface area contributed by atoms with Crippen LogP contribution in [0.4, 0.5) is 29.1 Å². The zero-order valence-electron chi connectivity index (χ0n) is 13.3. The number of hydrogen-bond donors (Lipinski definition) is 1. The van der Waals surface area contributed by atoms with E-state index in [0.717, 1.165) is 12.1 Å². The third kappa shape index (κ3) is 3.45. The summed E-state index contributed by atoms with van der Waals surface area (Å²) in [6.45, 7) is 0. The van der Waals surface area contributed by atoms with Crippen molar-refractivity contribution >= 4 is 39.8 Å². The molecule has 27 heavy (non-hydrogen) atoms. The molecule has 10 heteroatoms. The number of alkyl halides is 3. The Kier molecular flexibility index (Phi) is 4.03. The van der Waals surface area contributed by atoms with Crippen LogP contribution in [0.15, 0.2) is 48.8 Å². The van der Waals surface area contributed by atoms with E-state index in [9.17, 15) is 17.6 Å². The van der Waals surface area contributed by atoms with Gasteiger partial charge in [-0.3, -0.25) is 4.40 Å². The number of nitrogens with zero attached hydrogens (tertiary/aromatic N) is 3. The van der Waals surface area contributed by atoms with E-state index in [-0.39, 0.29) is 10.8 Å². The third-order valence-corrected chi connectivity index (χ3v) is 3.97. The van der Waals surface area contributed by atoms with Gasteiger partial charge in [0.05, 0.1) is 16.1 Å². The molecule has 2 aromatic carbocycles. The van der Waals surface area contributed by atoms with Gasteiger partial charge >= 0.3 is 6.36 Å². The molecule has 2 aromatic heterocycles. The monoisotopic (exact) mass is 396 g/mol. The summed E-state index contributed by atoms with van der Waals surface area (Å²) in [7, 11) is 0. The summed E-state index contributed by atoms with van der Waals surface area (Å²) in [5.74, 6) is -0.600. The van der Waals surface area contributed by atoms with E-state index in [2.05, 4.69) is 20.0 Å². The van der Waals surface area contributed by atoms with Gasteiger partial charge in [-0.1, -0.05) is 11.6 Å². The maximum Gasteiger partial charge on any atom is 0.573 e. The third-order valence-electron chi connectivity index (χ3n) is 3.68. The summed E-state index contributed by atoms with van der Waals surface area (Å²) in [6.07, 6.45) is -1.59. The SMILES string of the molecule is Fc1cc(Cl)c2c(c1)nc(Nc1ccc(OC(F)(F)F)cc1)c1nccn12. The minimum atomic E-state index is -4.76. The molecule has 0 radical (unpaired) electrons. The van der Waals surface area contributed by atoms with Crippen molar-refractivity contribution in [1.29, 1.82) is 0 Å². The number of anilines is 2. The number of nitrogens with one attached hydrogen (secondary N) is 1. The molecule has 0 aliphatic rings. The number of imidazole rings is 1. The minimum Gasteiger partial charge on any atom is -0.406 e. The summed E-state index contributed by atoms with van der Waals surface area (Å²) >= 11 is 6.13. The Morgan fingerprint density at radius 1 is 1.11 bits per heavy atom. The lowest BCUT2D eigenvalue weighted by molar-refractivity contribution is -0.274. The van der Waals surface area contributed by atoms with Gasteiger partial charge in [-0.05, 0) is 30.3 Å². The van der Waals surface area contributed by atoms with Crippen LogP contribution in [-0.2, 0) is 0 Å². The molecule has 2 heterocycles. The maximum atomic E-state index is 13.7. The van der Waals surface area contributed by atoms with Gasteiger partial charge < -0.3 is 10.1 Å². The summed E-state index contributed by atoms with van der Waals surface area (Å²) in [6, 6.07) is 7.52. The zero-order valence-corrected chi connectivity index (χ0v) is 14.0. The molecule has 0 saturated heterocycles. The molecule has 5 nitrogen and oxygen atoms in total. The second kappa shape index (κ2) is 6.27. The number of aromatic nitrogens is 3. The second-order valence-corrected chi connectivity index (χ2v) is 5.94. The predicted molar refractivity (Wildman–Crippen MR) is 91.9 cm³/mol. The fourth-order valence-electron chi connectivity index (χ4n) is 2.67. The van der Waals surface area contributed by atoms with Gasteiger partial charge in [-0.2, -0.15) is 0 Å². The number of fused-ring (bicyclic) bond motifs is 3. The first-order valence-corrected chi connectivity index (χ1v) is 7.92. The fraction of sp³-hybridized carbons (Fsp3) is 0.0588. The summed E-state index contributed by atoms with van der Waals surface area (Å²) in [5, 5.41) is 3.14. The van der Waals surface area contributed by atoms with E-state index in [0.29, 0.717) is 28.2 Å². The summed E-state index contributed by atoms with van der Waals surface area (Å²) < 4.78 is 55.9. The number of benzene rings is 2. The van der Waals surface area contributed by atoms with Gasteiger partial charge in [0.25, 0.3) is 0 Å². The van der Waals surface area contributed by atoms with Crippen LogP contribution in [0.3, 0.4) is 0 Å². The Bertz CT molecular complexity index is 1140. The van der Waals surface area contributed by atoms with E-state index in [4.69, 9.17) is 11.6 Å². The zero-order chi connectivity index (χ0) is 19.2. The normalized spacial score (nSPS) is 11.9. The molecule has 4 aromatic rings. The summed E-state index contributed by atoms with van der Waals surface area (Å²) in [5.41, 5.74) is 1.66. The first kappa shape index (κ1) is 17.3. The molecule has 0 aliphatic carbocycles. The molecule has 0 saturated carbocycles. The van der Waals surface area contributed by atoms with Gasteiger partial charge in [0.1, 0.15) is 11.6 Å². The lowest BCUT2D eigenvalue weighted by Gasteiger charge is -2.12. The van der Waals surface area contributed by atoms with E-state index in [1.165, 1.54) is 30.5 Å². The van der Waals surface area contributed by atoms with E-state index >= 15 is 0 Å². The highest BCUT2D eigenvalue weighted by molar-refractivity contribution is 6.35. The molecule has 1 N–H and O–H groups in total. The number of rotatable bonds is 3. The molecule has 0 bridgehead atoms. The van der Waals surface area contributed by atoms with Gasteiger partial charge in [0.15, 0.2) is 11.5 Å².